The molecular weight excluding hydrogens is 286 g/mol. The van der Waals surface area contributed by atoms with Crippen LogP contribution in [0.2, 0.25) is 5.02 Å². The third-order valence-electron chi connectivity index (χ3n) is 3.18. The van der Waals surface area contributed by atoms with Gasteiger partial charge < -0.3 is 10.4 Å². The Bertz CT molecular complexity index is 741. The van der Waals surface area contributed by atoms with Crippen molar-refractivity contribution in [2.75, 3.05) is 5.32 Å². The van der Waals surface area contributed by atoms with E-state index in [1.807, 2.05) is 42.6 Å². The van der Waals surface area contributed by atoms with Crippen molar-refractivity contribution in [3.05, 3.63) is 71.5 Å². The van der Waals surface area contributed by atoms with E-state index < -0.39 is 0 Å². The Morgan fingerprint density at radius 3 is 2.71 bits per heavy atom. The van der Waals surface area contributed by atoms with Crippen molar-refractivity contribution in [3.8, 4) is 11.4 Å². The van der Waals surface area contributed by atoms with Crippen LogP contribution >= 0.6 is 11.6 Å². The molecule has 3 rings (SSSR count). The van der Waals surface area contributed by atoms with Crippen molar-refractivity contribution >= 4 is 17.3 Å². The summed E-state index contributed by atoms with van der Waals surface area (Å²) in [7, 11) is 0. The Morgan fingerprint density at radius 2 is 1.95 bits per heavy atom. The number of phenolic OH excluding ortho intramolecular Hbond substituents is 1. The largest absolute Gasteiger partial charge is 0.508 e. The zero-order valence-corrected chi connectivity index (χ0v) is 12.0. The Hall–Kier alpha value is -2.46. The first-order valence-electron chi connectivity index (χ1n) is 6.55. The van der Waals surface area contributed by atoms with Gasteiger partial charge in [-0.25, -0.2) is 4.68 Å². The Kier molecular flexibility index (Phi) is 3.79. The van der Waals surface area contributed by atoms with E-state index in [0.717, 1.165) is 16.9 Å². The lowest BCUT2D eigenvalue weighted by Crippen LogP contribution is -2.05. The monoisotopic (exact) mass is 299 g/mol. The highest BCUT2D eigenvalue weighted by Crippen LogP contribution is 2.29. The number of rotatable bonds is 4. The van der Waals surface area contributed by atoms with Crippen LogP contribution in [0.1, 0.15) is 5.56 Å². The molecule has 0 aliphatic carbocycles. The van der Waals surface area contributed by atoms with E-state index in [1.165, 1.54) is 0 Å². The van der Waals surface area contributed by atoms with Gasteiger partial charge in [0.05, 0.1) is 10.7 Å². The van der Waals surface area contributed by atoms with Gasteiger partial charge in [0.1, 0.15) is 11.4 Å². The van der Waals surface area contributed by atoms with Crippen LogP contribution in [0, 0.1) is 0 Å². The highest BCUT2D eigenvalue weighted by atomic mass is 35.5. The fraction of sp³-hybridized carbons (Fsp3) is 0.0625. The molecule has 2 aromatic carbocycles. The number of halogens is 1. The topological polar surface area (TPSA) is 50.1 Å². The molecule has 21 heavy (non-hydrogen) atoms. The second-order valence-corrected chi connectivity index (χ2v) is 4.98. The van der Waals surface area contributed by atoms with Gasteiger partial charge in [0.25, 0.3) is 0 Å². The first kappa shape index (κ1) is 13.5. The van der Waals surface area contributed by atoms with Crippen molar-refractivity contribution in [3.63, 3.8) is 0 Å². The molecule has 1 heterocycles. The summed E-state index contributed by atoms with van der Waals surface area (Å²) in [6.07, 6.45) is 3.54. The van der Waals surface area contributed by atoms with Crippen molar-refractivity contribution in [1.82, 2.24) is 9.78 Å². The molecule has 0 amide bonds. The molecule has 106 valence electrons. The molecule has 0 atom stereocenters. The van der Waals surface area contributed by atoms with Gasteiger partial charge in [0.15, 0.2) is 0 Å². The summed E-state index contributed by atoms with van der Waals surface area (Å²) in [5.74, 6) is 0.271. The van der Waals surface area contributed by atoms with Crippen molar-refractivity contribution in [2.24, 2.45) is 0 Å². The molecule has 2 N–H and O–H groups in total. The molecule has 1 aromatic heterocycles. The quantitative estimate of drug-likeness (QED) is 0.769. The fourth-order valence-electron chi connectivity index (χ4n) is 2.14. The lowest BCUT2D eigenvalue weighted by atomic mass is 10.2. The van der Waals surface area contributed by atoms with E-state index >= 15 is 0 Å². The zero-order chi connectivity index (χ0) is 14.7. The maximum atomic E-state index is 9.81. The highest BCUT2D eigenvalue weighted by Gasteiger charge is 2.10. The third kappa shape index (κ3) is 2.85. The second kappa shape index (κ2) is 5.89. The Morgan fingerprint density at radius 1 is 1.10 bits per heavy atom. The maximum absolute atomic E-state index is 9.81. The fourth-order valence-corrected chi connectivity index (χ4v) is 2.40. The smallest absolute Gasteiger partial charge is 0.120 e. The summed E-state index contributed by atoms with van der Waals surface area (Å²) in [5, 5.41) is 17.9. The van der Waals surface area contributed by atoms with E-state index in [2.05, 4.69) is 10.4 Å². The molecule has 3 aromatic rings. The van der Waals surface area contributed by atoms with Crippen LogP contribution in [0.15, 0.2) is 60.9 Å². The molecule has 0 radical (unpaired) electrons. The zero-order valence-electron chi connectivity index (χ0n) is 11.2. The van der Waals surface area contributed by atoms with Gasteiger partial charge in [0.2, 0.25) is 0 Å². The molecule has 0 spiro atoms. The number of hydrogen-bond acceptors (Lipinski definition) is 3. The van der Waals surface area contributed by atoms with Gasteiger partial charge in [0, 0.05) is 24.5 Å². The number of benzene rings is 2. The third-order valence-corrected chi connectivity index (χ3v) is 3.49. The van der Waals surface area contributed by atoms with E-state index in [9.17, 15) is 5.11 Å². The minimum Gasteiger partial charge on any atom is -0.508 e. The van der Waals surface area contributed by atoms with Gasteiger partial charge in [-0.2, -0.15) is 5.10 Å². The molecule has 4 nitrogen and oxygen atoms in total. The highest BCUT2D eigenvalue weighted by molar-refractivity contribution is 6.33. The lowest BCUT2D eigenvalue weighted by Gasteiger charge is -2.14. The minimum absolute atomic E-state index is 0.271. The predicted octanol–water partition coefficient (Wildman–Crippen LogP) is 3.84. The lowest BCUT2D eigenvalue weighted by molar-refractivity contribution is 0.469. The molecule has 5 heteroatoms. The summed E-state index contributed by atoms with van der Waals surface area (Å²) in [4.78, 5) is 0. The summed E-state index contributed by atoms with van der Waals surface area (Å²) in [6.45, 7) is 0.501. The number of para-hydroxylation sites is 2. The number of nitrogens with one attached hydrogen (secondary N) is 1. The number of anilines is 1. The van der Waals surface area contributed by atoms with Crippen LogP contribution < -0.4 is 5.32 Å². The predicted molar refractivity (Wildman–Crippen MR) is 84.0 cm³/mol. The van der Waals surface area contributed by atoms with Gasteiger partial charge in [-0.1, -0.05) is 35.9 Å². The average Bonchev–Trinajstić information content (AvgIpc) is 3.00. The Balaban J connectivity index is 1.90. The molecule has 0 aliphatic heterocycles. The van der Waals surface area contributed by atoms with Crippen LogP contribution in [0.4, 0.5) is 5.69 Å². The number of aromatic hydroxyl groups is 1. The van der Waals surface area contributed by atoms with Crippen LogP contribution in [0.3, 0.4) is 0 Å². The number of aromatic nitrogens is 2. The van der Waals surface area contributed by atoms with Crippen molar-refractivity contribution < 1.29 is 5.11 Å². The molecule has 0 aliphatic rings. The first-order chi connectivity index (χ1) is 10.3. The normalized spacial score (nSPS) is 10.5. The van der Waals surface area contributed by atoms with Crippen LogP contribution in [0.25, 0.3) is 5.69 Å². The number of nitrogens with zero attached hydrogens (tertiary/aromatic N) is 2. The molecule has 0 fully saturated rings. The van der Waals surface area contributed by atoms with Gasteiger partial charge in [-0.05, 0) is 24.3 Å². The Labute approximate surface area is 127 Å². The SMILES string of the molecule is Oc1ccccc1CNc1cccc(Cl)c1-n1cccn1. The molecular formula is C16H14ClN3O. The summed E-state index contributed by atoms with van der Waals surface area (Å²) >= 11 is 6.28. The molecule has 0 unspecified atom stereocenters. The van der Waals surface area contributed by atoms with Crippen LogP contribution in [-0.2, 0) is 6.54 Å². The van der Waals surface area contributed by atoms with Crippen LogP contribution in [-0.4, -0.2) is 14.9 Å². The number of phenols is 1. The first-order valence-corrected chi connectivity index (χ1v) is 6.93. The average molecular weight is 300 g/mol. The molecule has 0 bridgehead atoms. The van der Waals surface area contributed by atoms with Gasteiger partial charge in [-0.15, -0.1) is 0 Å². The molecule has 0 saturated carbocycles. The molecule has 0 saturated heterocycles. The maximum Gasteiger partial charge on any atom is 0.120 e. The van der Waals surface area contributed by atoms with E-state index in [4.69, 9.17) is 11.6 Å². The summed E-state index contributed by atoms with van der Waals surface area (Å²) in [5.41, 5.74) is 2.47. The summed E-state index contributed by atoms with van der Waals surface area (Å²) < 4.78 is 1.72. The summed E-state index contributed by atoms with van der Waals surface area (Å²) in [6, 6.07) is 14.7. The van der Waals surface area contributed by atoms with E-state index in [1.54, 1.807) is 23.0 Å². The van der Waals surface area contributed by atoms with E-state index in [-0.39, 0.29) is 5.75 Å². The standard InChI is InChI=1S/C16H14ClN3O/c17-13-6-3-7-14(16(13)20-10-4-9-19-20)18-11-12-5-1-2-8-15(12)21/h1-10,18,21H,11H2. The van der Waals surface area contributed by atoms with Crippen molar-refractivity contribution in [2.45, 2.75) is 6.54 Å². The minimum atomic E-state index is 0.271. The van der Waals surface area contributed by atoms with E-state index in [0.29, 0.717) is 11.6 Å². The van der Waals surface area contributed by atoms with Crippen LogP contribution in [0.5, 0.6) is 5.75 Å². The number of hydrogen-bond donors (Lipinski definition) is 2. The van der Waals surface area contributed by atoms with Gasteiger partial charge in [-0.3, -0.25) is 0 Å². The van der Waals surface area contributed by atoms with Crippen molar-refractivity contribution in [1.29, 1.82) is 0 Å². The van der Waals surface area contributed by atoms with Gasteiger partial charge >= 0.3 is 0 Å². The second-order valence-electron chi connectivity index (χ2n) is 4.57.